The van der Waals surface area contributed by atoms with Crippen molar-refractivity contribution in [3.8, 4) is 55.9 Å². The Morgan fingerprint density at radius 2 is 0.619 bits per heavy atom. The highest BCUT2D eigenvalue weighted by Gasteiger charge is 2.51. The molecule has 14 rings (SSSR count). The zero-order valence-electron chi connectivity index (χ0n) is 34.3. The molecule has 0 atom stereocenters. The molecule has 12 aromatic rings. The van der Waals surface area contributed by atoms with Gasteiger partial charge in [0.25, 0.3) is 0 Å². The van der Waals surface area contributed by atoms with Crippen LogP contribution in [0, 0.1) is 0 Å². The minimum absolute atomic E-state index is 0.512. The van der Waals surface area contributed by atoms with E-state index in [4.69, 9.17) is 0 Å². The van der Waals surface area contributed by atoms with Gasteiger partial charge in [-0.2, -0.15) is 0 Å². The van der Waals surface area contributed by atoms with Gasteiger partial charge in [0.1, 0.15) is 0 Å². The normalized spacial score (nSPS) is 13.2. The number of hydrogen-bond acceptors (Lipinski definition) is 0. The Bertz CT molecular complexity index is 3590. The van der Waals surface area contributed by atoms with Gasteiger partial charge in [-0.15, -0.1) is 0 Å². The van der Waals surface area contributed by atoms with Gasteiger partial charge in [-0.3, -0.25) is 0 Å². The highest BCUT2D eigenvalue weighted by Crippen LogP contribution is 2.63. The molecule has 2 heteroatoms. The van der Waals surface area contributed by atoms with Gasteiger partial charge < -0.3 is 9.13 Å². The molecule has 0 aliphatic heterocycles. The van der Waals surface area contributed by atoms with Gasteiger partial charge >= 0.3 is 0 Å². The average molecular weight is 799 g/mol. The van der Waals surface area contributed by atoms with E-state index in [0.29, 0.717) is 0 Å². The van der Waals surface area contributed by atoms with E-state index in [2.05, 4.69) is 240 Å². The lowest BCUT2D eigenvalue weighted by Crippen LogP contribution is -2.26. The van der Waals surface area contributed by atoms with Crippen LogP contribution in [0.2, 0.25) is 0 Å². The van der Waals surface area contributed by atoms with Crippen LogP contribution in [0.3, 0.4) is 0 Å². The highest BCUT2D eigenvalue weighted by atomic mass is 15.0. The number of benzene rings is 10. The molecule has 2 heterocycles. The Balaban J connectivity index is 1.04. The first kappa shape index (κ1) is 34.5. The molecule has 292 valence electrons. The SMILES string of the molecule is c1ccc(-n2c3ccccc3c3c(-c4ccc5c(c4)C4(c6ccccc6-c6ccccc64)c4cc(-c6cccc7c6c6ccccc6n7-c6ccccc6)ccc4-5)cccc32)cc1. The molecule has 0 unspecified atom stereocenters. The summed E-state index contributed by atoms with van der Waals surface area (Å²) in [6.07, 6.45) is 0. The monoisotopic (exact) mass is 798 g/mol. The van der Waals surface area contributed by atoms with Gasteiger partial charge in [0.05, 0.1) is 27.5 Å². The second kappa shape index (κ2) is 12.9. The minimum Gasteiger partial charge on any atom is -0.309 e. The van der Waals surface area contributed by atoms with Crippen molar-refractivity contribution in [1.29, 1.82) is 0 Å². The van der Waals surface area contributed by atoms with Gasteiger partial charge in [0.15, 0.2) is 0 Å². The Labute approximate surface area is 365 Å². The molecule has 63 heavy (non-hydrogen) atoms. The van der Waals surface area contributed by atoms with E-state index in [1.165, 1.54) is 122 Å². The van der Waals surface area contributed by atoms with E-state index < -0.39 is 5.41 Å². The quantitative estimate of drug-likeness (QED) is 0.168. The molecule has 1 spiro atoms. The number of rotatable bonds is 4. The fourth-order valence-corrected chi connectivity index (χ4v) is 11.7. The lowest BCUT2D eigenvalue weighted by atomic mass is 9.70. The summed E-state index contributed by atoms with van der Waals surface area (Å²) < 4.78 is 4.84. The van der Waals surface area contributed by atoms with Crippen LogP contribution < -0.4 is 0 Å². The van der Waals surface area contributed by atoms with Crippen molar-refractivity contribution in [3.05, 3.63) is 253 Å². The molecule has 0 fully saturated rings. The Hall–Kier alpha value is -8.20. The molecule has 0 bridgehead atoms. The summed E-state index contributed by atoms with van der Waals surface area (Å²) in [6, 6.07) is 85.8. The first-order chi connectivity index (χ1) is 31.3. The lowest BCUT2D eigenvalue weighted by molar-refractivity contribution is 0.794. The molecule has 10 aromatic carbocycles. The van der Waals surface area contributed by atoms with E-state index in [1.807, 2.05) is 0 Å². The van der Waals surface area contributed by atoms with E-state index >= 15 is 0 Å². The van der Waals surface area contributed by atoms with Crippen LogP contribution in [0.4, 0.5) is 0 Å². The molecule has 0 radical (unpaired) electrons. The van der Waals surface area contributed by atoms with Crippen molar-refractivity contribution in [2.75, 3.05) is 0 Å². The zero-order chi connectivity index (χ0) is 41.2. The molecule has 2 aromatic heterocycles. The van der Waals surface area contributed by atoms with Crippen LogP contribution in [-0.4, -0.2) is 9.13 Å². The standard InChI is InChI=1S/C61H38N2/c1-3-17-41(18-4-1)62-55-29-13-9-23-49(55)59-43(25-15-31-57(59)62)39-33-35-47-48-36-34-40(38-54(48)61(53(47)37-39)51-27-11-7-21-45(51)46-22-8-12-28-52(46)61)44-26-16-32-58-60(44)50-24-10-14-30-56(50)63(58)42-19-5-2-6-20-42/h1-38H. The second-order valence-corrected chi connectivity index (χ2v) is 17.1. The maximum absolute atomic E-state index is 2.53. The minimum atomic E-state index is -0.512. The van der Waals surface area contributed by atoms with Crippen LogP contribution in [-0.2, 0) is 5.41 Å². The second-order valence-electron chi connectivity index (χ2n) is 17.1. The van der Waals surface area contributed by atoms with E-state index in [1.54, 1.807) is 0 Å². The molecule has 0 N–H and O–H groups in total. The number of nitrogens with zero attached hydrogens (tertiary/aromatic N) is 2. The maximum atomic E-state index is 2.53. The van der Waals surface area contributed by atoms with Crippen LogP contribution in [0.5, 0.6) is 0 Å². The van der Waals surface area contributed by atoms with Crippen molar-refractivity contribution in [3.63, 3.8) is 0 Å². The van der Waals surface area contributed by atoms with Crippen LogP contribution >= 0.6 is 0 Å². The molecule has 0 saturated carbocycles. The number of aromatic nitrogens is 2. The largest absolute Gasteiger partial charge is 0.309 e. The summed E-state index contributed by atoms with van der Waals surface area (Å²) >= 11 is 0. The van der Waals surface area contributed by atoms with Crippen LogP contribution in [0.25, 0.3) is 99.5 Å². The molecule has 2 aliphatic rings. The lowest BCUT2D eigenvalue weighted by Gasteiger charge is -2.31. The molecular weight excluding hydrogens is 761 g/mol. The summed E-state index contributed by atoms with van der Waals surface area (Å²) in [6.45, 7) is 0. The van der Waals surface area contributed by atoms with Crippen LogP contribution in [0.1, 0.15) is 22.3 Å². The molecule has 0 saturated heterocycles. The van der Waals surface area contributed by atoms with Gasteiger partial charge in [0, 0.05) is 32.9 Å². The smallest absolute Gasteiger partial charge is 0.0725 e. The van der Waals surface area contributed by atoms with Gasteiger partial charge in [-0.05, 0) is 127 Å². The first-order valence-corrected chi connectivity index (χ1v) is 21.9. The summed E-state index contributed by atoms with van der Waals surface area (Å²) in [4.78, 5) is 0. The van der Waals surface area contributed by atoms with Crippen molar-refractivity contribution >= 4 is 43.6 Å². The predicted molar refractivity (Wildman–Crippen MR) is 262 cm³/mol. The third-order valence-corrected chi connectivity index (χ3v) is 14.1. The third-order valence-electron chi connectivity index (χ3n) is 14.1. The summed E-state index contributed by atoms with van der Waals surface area (Å²) in [5.41, 5.74) is 22.2. The number of para-hydroxylation sites is 4. The van der Waals surface area contributed by atoms with E-state index in [-0.39, 0.29) is 0 Å². The molecule has 2 aliphatic carbocycles. The predicted octanol–water partition coefficient (Wildman–Crippen LogP) is 15.6. The number of fused-ring (bicyclic) bond motifs is 16. The van der Waals surface area contributed by atoms with E-state index in [0.717, 1.165) is 0 Å². The van der Waals surface area contributed by atoms with Gasteiger partial charge in [0.2, 0.25) is 0 Å². The number of hydrogen-bond donors (Lipinski definition) is 0. The summed E-state index contributed by atoms with van der Waals surface area (Å²) in [7, 11) is 0. The third kappa shape index (κ3) is 4.57. The topological polar surface area (TPSA) is 9.86 Å². The molecule has 2 nitrogen and oxygen atoms in total. The average Bonchev–Trinajstić information content (AvgIpc) is 4.06. The first-order valence-electron chi connectivity index (χ1n) is 21.9. The Morgan fingerprint density at radius 3 is 1.10 bits per heavy atom. The Kier molecular flexibility index (Phi) is 7.07. The van der Waals surface area contributed by atoms with Crippen molar-refractivity contribution < 1.29 is 0 Å². The van der Waals surface area contributed by atoms with Crippen LogP contribution in [0.15, 0.2) is 231 Å². The Morgan fingerprint density at radius 1 is 0.254 bits per heavy atom. The highest BCUT2D eigenvalue weighted by molar-refractivity contribution is 6.17. The zero-order valence-corrected chi connectivity index (χ0v) is 34.3. The van der Waals surface area contributed by atoms with Crippen molar-refractivity contribution in [2.45, 2.75) is 5.41 Å². The summed E-state index contributed by atoms with van der Waals surface area (Å²) in [5, 5.41) is 5.07. The fraction of sp³-hybridized carbons (Fsp3) is 0.0164. The summed E-state index contributed by atoms with van der Waals surface area (Å²) in [5.74, 6) is 0. The van der Waals surface area contributed by atoms with Gasteiger partial charge in [-0.25, -0.2) is 0 Å². The van der Waals surface area contributed by atoms with Crippen molar-refractivity contribution in [1.82, 2.24) is 9.13 Å². The molecule has 0 amide bonds. The fourth-order valence-electron chi connectivity index (χ4n) is 11.7. The maximum Gasteiger partial charge on any atom is 0.0725 e. The van der Waals surface area contributed by atoms with Crippen molar-refractivity contribution in [2.24, 2.45) is 0 Å². The molecular formula is C61H38N2. The van der Waals surface area contributed by atoms with E-state index in [9.17, 15) is 0 Å². The van der Waals surface area contributed by atoms with Gasteiger partial charge in [-0.1, -0.05) is 170 Å².